The minimum Gasteiger partial charge on any atom is -0.487 e. The van der Waals surface area contributed by atoms with Gasteiger partial charge in [0.1, 0.15) is 12.4 Å². The number of ether oxygens (including phenoxy) is 1. The smallest absolute Gasteiger partial charge is 0.337 e. The van der Waals surface area contributed by atoms with E-state index in [0.717, 1.165) is 0 Å². The molecule has 0 aliphatic carbocycles. The molecule has 1 aromatic carbocycles. The number of halogens is 1. The van der Waals surface area contributed by atoms with E-state index < -0.39 is 10.9 Å². The Labute approximate surface area is 127 Å². The van der Waals surface area contributed by atoms with Crippen molar-refractivity contribution in [3.05, 3.63) is 62.4 Å². The van der Waals surface area contributed by atoms with E-state index in [1.54, 1.807) is 6.07 Å². The fourth-order valence-electron chi connectivity index (χ4n) is 1.54. The summed E-state index contributed by atoms with van der Waals surface area (Å²) in [4.78, 5) is 24.7. The maximum absolute atomic E-state index is 10.8. The van der Waals surface area contributed by atoms with E-state index in [1.807, 2.05) is 0 Å². The Balaban J connectivity index is 2.11. The number of aromatic nitrogens is 1. The minimum absolute atomic E-state index is 0.0234. The first-order valence-electron chi connectivity index (χ1n) is 5.71. The second-order valence-corrected chi connectivity index (χ2v) is 4.89. The first-order chi connectivity index (χ1) is 9.97. The molecule has 0 radical (unpaired) electrons. The van der Waals surface area contributed by atoms with Crippen LogP contribution in [0.2, 0.25) is 0 Å². The zero-order valence-corrected chi connectivity index (χ0v) is 12.1. The Hall–Kier alpha value is -2.48. The Morgan fingerprint density at radius 1 is 1.38 bits per heavy atom. The van der Waals surface area contributed by atoms with Crippen LogP contribution in [0.15, 0.2) is 41.1 Å². The number of rotatable bonds is 5. The molecule has 1 aromatic heterocycles. The highest BCUT2D eigenvalue weighted by Gasteiger charge is 2.10. The molecule has 0 aliphatic heterocycles. The predicted octanol–water partition coefficient (Wildman–Crippen LogP) is 3.03. The molecule has 2 rings (SSSR count). The summed E-state index contributed by atoms with van der Waals surface area (Å²) >= 11 is 3.23. The van der Waals surface area contributed by atoms with Crippen molar-refractivity contribution in [1.29, 1.82) is 0 Å². The van der Waals surface area contributed by atoms with Gasteiger partial charge < -0.3 is 9.84 Å². The summed E-state index contributed by atoms with van der Waals surface area (Å²) in [6.07, 6.45) is 2.61. The predicted molar refractivity (Wildman–Crippen MR) is 76.3 cm³/mol. The van der Waals surface area contributed by atoms with Crippen LogP contribution in [-0.2, 0) is 6.61 Å². The minimum atomic E-state index is -1.09. The number of hydrogen-bond acceptors (Lipinski definition) is 5. The number of non-ortho nitro benzene ring substituents is 1. The van der Waals surface area contributed by atoms with Crippen LogP contribution >= 0.6 is 15.9 Å². The van der Waals surface area contributed by atoms with Crippen molar-refractivity contribution in [3.63, 3.8) is 0 Å². The molecule has 0 fully saturated rings. The topological polar surface area (TPSA) is 103 Å². The van der Waals surface area contributed by atoms with Gasteiger partial charge in [-0.05, 0) is 12.1 Å². The number of nitro benzene ring substituents is 1. The van der Waals surface area contributed by atoms with Crippen LogP contribution in [0, 0.1) is 10.1 Å². The van der Waals surface area contributed by atoms with Crippen molar-refractivity contribution >= 4 is 27.6 Å². The Bertz CT molecular complexity index is 705. The number of nitrogens with zero attached hydrogens (tertiary/aromatic N) is 2. The number of pyridine rings is 1. The first kappa shape index (κ1) is 14.9. The molecule has 0 bridgehead atoms. The third-order valence-electron chi connectivity index (χ3n) is 2.60. The van der Waals surface area contributed by atoms with Crippen molar-refractivity contribution in [2.75, 3.05) is 0 Å². The molecule has 1 heterocycles. The molecule has 7 nitrogen and oxygen atoms in total. The van der Waals surface area contributed by atoms with Crippen LogP contribution in [0.5, 0.6) is 5.75 Å². The summed E-state index contributed by atoms with van der Waals surface area (Å²) in [6, 6.07) is 5.67. The quantitative estimate of drug-likeness (QED) is 0.655. The van der Waals surface area contributed by atoms with Gasteiger partial charge in [0, 0.05) is 28.4 Å². The van der Waals surface area contributed by atoms with E-state index >= 15 is 0 Å². The highest BCUT2D eigenvalue weighted by molar-refractivity contribution is 9.10. The van der Waals surface area contributed by atoms with E-state index in [2.05, 4.69) is 20.9 Å². The number of carboxylic acid groups (broad SMARTS) is 1. The Morgan fingerprint density at radius 3 is 2.76 bits per heavy atom. The molecule has 1 N–H and O–H groups in total. The van der Waals surface area contributed by atoms with Crippen LogP contribution in [0.4, 0.5) is 5.69 Å². The third kappa shape index (κ3) is 3.76. The van der Waals surface area contributed by atoms with Crippen LogP contribution in [-0.4, -0.2) is 21.0 Å². The normalized spacial score (nSPS) is 10.1. The number of carbonyl (C=O) groups is 1. The van der Waals surface area contributed by atoms with Gasteiger partial charge >= 0.3 is 5.97 Å². The standard InChI is InChI=1S/C13H9BrN2O5/c14-12-4-10(16(19)20)2-1-8(12)7-21-11-3-9(13(17)18)5-15-6-11/h1-6H,7H2,(H,17,18). The maximum Gasteiger partial charge on any atom is 0.337 e. The van der Waals surface area contributed by atoms with E-state index in [1.165, 1.54) is 30.6 Å². The van der Waals surface area contributed by atoms with Crippen LogP contribution < -0.4 is 4.74 Å². The number of aromatic carboxylic acids is 1. The molecule has 0 amide bonds. The summed E-state index contributed by atoms with van der Waals surface area (Å²) < 4.78 is 5.98. The Morgan fingerprint density at radius 2 is 2.14 bits per heavy atom. The van der Waals surface area contributed by atoms with Crippen LogP contribution in [0.1, 0.15) is 15.9 Å². The highest BCUT2D eigenvalue weighted by Crippen LogP contribution is 2.24. The molecule has 0 atom stereocenters. The Kier molecular flexibility index (Phi) is 4.49. The summed E-state index contributed by atoms with van der Waals surface area (Å²) in [5.74, 6) is -0.787. The fourth-order valence-corrected chi connectivity index (χ4v) is 2.02. The van der Waals surface area contributed by atoms with E-state index in [9.17, 15) is 14.9 Å². The van der Waals surface area contributed by atoms with E-state index in [0.29, 0.717) is 15.8 Å². The molecule has 8 heteroatoms. The summed E-state index contributed by atoms with van der Waals surface area (Å²) in [5, 5.41) is 19.5. The van der Waals surface area contributed by atoms with Gasteiger partial charge in [-0.15, -0.1) is 0 Å². The molecular weight excluding hydrogens is 344 g/mol. The van der Waals surface area contributed by atoms with Crippen molar-refractivity contribution < 1.29 is 19.6 Å². The second kappa shape index (κ2) is 6.31. The SMILES string of the molecule is O=C(O)c1cncc(OCc2ccc([N+](=O)[O-])cc2Br)c1. The van der Waals surface area contributed by atoms with E-state index in [4.69, 9.17) is 9.84 Å². The van der Waals surface area contributed by atoms with Gasteiger partial charge in [0.05, 0.1) is 16.7 Å². The lowest BCUT2D eigenvalue weighted by Gasteiger charge is -2.08. The molecule has 0 saturated heterocycles. The van der Waals surface area contributed by atoms with Gasteiger partial charge in [-0.1, -0.05) is 15.9 Å². The molecule has 0 saturated carbocycles. The third-order valence-corrected chi connectivity index (χ3v) is 3.34. The maximum atomic E-state index is 10.8. The zero-order valence-electron chi connectivity index (χ0n) is 10.5. The van der Waals surface area contributed by atoms with Crippen molar-refractivity contribution in [2.45, 2.75) is 6.61 Å². The van der Waals surface area contributed by atoms with Gasteiger partial charge in [0.25, 0.3) is 5.69 Å². The summed E-state index contributed by atoms with van der Waals surface area (Å²) in [6.45, 7) is 0.128. The molecule has 2 aromatic rings. The molecule has 0 aliphatic rings. The zero-order chi connectivity index (χ0) is 15.4. The molecular formula is C13H9BrN2O5. The average Bonchev–Trinajstić information content (AvgIpc) is 2.46. The van der Waals surface area contributed by atoms with Crippen molar-refractivity contribution in [3.8, 4) is 5.75 Å². The average molecular weight is 353 g/mol. The van der Waals surface area contributed by atoms with Gasteiger partial charge in [0.15, 0.2) is 0 Å². The highest BCUT2D eigenvalue weighted by atomic mass is 79.9. The molecule has 21 heavy (non-hydrogen) atoms. The van der Waals surface area contributed by atoms with Crippen LogP contribution in [0.25, 0.3) is 0 Å². The summed E-state index contributed by atoms with van der Waals surface area (Å²) in [7, 11) is 0. The lowest BCUT2D eigenvalue weighted by molar-refractivity contribution is -0.384. The fraction of sp³-hybridized carbons (Fsp3) is 0.0769. The summed E-state index contributed by atoms with van der Waals surface area (Å²) in [5.41, 5.74) is 0.691. The van der Waals surface area contributed by atoms with E-state index in [-0.39, 0.29) is 17.9 Å². The molecule has 0 spiro atoms. The van der Waals surface area contributed by atoms with Crippen LogP contribution in [0.3, 0.4) is 0 Å². The van der Waals surface area contributed by atoms with Gasteiger partial charge in [0.2, 0.25) is 0 Å². The number of nitro groups is 1. The first-order valence-corrected chi connectivity index (χ1v) is 6.50. The van der Waals surface area contributed by atoms with Gasteiger partial charge in [-0.25, -0.2) is 4.79 Å². The number of hydrogen-bond donors (Lipinski definition) is 1. The van der Waals surface area contributed by atoms with Crippen molar-refractivity contribution in [1.82, 2.24) is 4.98 Å². The molecule has 108 valence electrons. The lowest BCUT2D eigenvalue weighted by Crippen LogP contribution is -2.01. The van der Waals surface area contributed by atoms with Gasteiger partial charge in [-0.3, -0.25) is 15.1 Å². The monoisotopic (exact) mass is 352 g/mol. The molecule has 0 unspecified atom stereocenters. The van der Waals surface area contributed by atoms with Gasteiger partial charge in [-0.2, -0.15) is 0 Å². The largest absolute Gasteiger partial charge is 0.487 e. The number of carboxylic acids is 1. The lowest BCUT2D eigenvalue weighted by atomic mass is 10.2. The number of benzene rings is 1. The van der Waals surface area contributed by atoms with Crippen molar-refractivity contribution in [2.24, 2.45) is 0 Å². The second-order valence-electron chi connectivity index (χ2n) is 4.04.